The fraction of sp³-hybridized carbons (Fsp3) is 1.00. The van der Waals surface area contributed by atoms with Gasteiger partial charge in [0.05, 0.1) is 0 Å². The van der Waals surface area contributed by atoms with Crippen LogP contribution in [0.5, 0.6) is 0 Å². The molecule has 0 amide bonds. The highest BCUT2D eigenvalue weighted by atomic mass is 13.0. The highest BCUT2D eigenvalue weighted by Gasteiger charge is 0.968. The van der Waals surface area contributed by atoms with Crippen molar-refractivity contribution in [2.45, 2.75) is 315 Å². The van der Waals surface area contributed by atoms with Crippen molar-refractivity contribution < 1.29 is 0 Å². The van der Waals surface area contributed by atoms with Crippen molar-refractivity contribution in [2.75, 3.05) is 0 Å². The van der Waals surface area contributed by atoms with E-state index < -0.39 is 0 Å². The monoisotopic (exact) mass is 683 g/mol. The summed E-state index contributed by atoms with van der Waals surface area (Å²) >= 11 is 0. The van der Waals surface area contributed by atoms with Gasteiger partial charge in [0.25, 0.3) is 0 Å². The van der Waals surface area contributed by atoms with Crippen LogP contribution in [-0.2, 0) is 0 Å². The smallest absolute Gasteiger partial charge is 0.0683 e. The molecule has 0 bridgehead atoms. The Hall–Kier alpha value is 0. The van der Waals surface area contributed by atoms with Crippen molar-refractivity contribution >= 4 is 0 Å². The second-order valence-electron chi connectivity index (χ2n) is 0. The van der Waals surface area contributed by atoms with Crippen LogP contribution in [0.15, 0.2) is 0 Å². The summed E-state index contributed by atoms with van der Waals surface area (Å²) in [6.07, 6.45) is 0. The van der Waals surface area contributed by atoms with E-state index in [-0.39, 0.29) is 52.0 Å². The third-order valence-electron chi connectivity index (χ3n) is 0. The summed E-state index contributed by atoms with van der Waals surface area (Å²) in [5.41, 5.74) is 0. The second kappa shape index (κ2) is 0. The van der Waals surface area contributed by atoms with Gasteiger partial charge in [-0.05, 0) is 0 Å². The number of rotatable bonds is 0. The molecule has 0 aliphatic rings. The molecule has 0 saturated carbocycles. The largest absolute Gasteiger partial charge is 0.0776 e. The van der Waals surface area contributed by atoms with Crippen molar-refractivity contribution in [3.05, 3.63) is 0 Å². The van der Waals surface area contributed by atoms with Gasteiger partial charge in [-0.25, -0.2) is 0 Å². The molecule has 0 nitrogen and oxygen atoms in total. The van der Waals surface area contributed by atoms with E-state index in [0.29, 0.717) is 0 Å². The van der Waals surface area contributed by atoms with Gasteiger partial charge >= 0.3 is 0 Å². The van der Waals surface area contributed by atoms with Crippen LogP contribution < -0.4 is 0 Å². The van der Waals surface area contributed by atoms with Gasteiger partial charge < -0.3 is 0 Å². The van der Waals surface area contributed by atoms with Crippen LogP contribution in [0, 0.1) is 0 Å². The lowest BCUT2D eigenvalue weighted by Gasteiger charge is -1.07. The molecule has 0 unspecified atom stereocenters. The Balaban J connectivity index is -0.00000000350. The summed E-state index contributed by atoms with van der Waals surface area (Å²) in [5.74, 6) is 0. The highest BCUT2D eigenvalue weighted by Crippen LogP contribution is 1.18. The molecule has 0 aromatic carbocycles. The zero-order valence-corrected chi connectivity index (χ0v) is 38.0. The van der Waals surface area contributed by atoms with Crippen molar-refractivity contribution in [3.63, 3.8) is 0 Å². The SMILES string of the molecule is C.C.C.C.C.C.C.CC.CC.CC.CC.CC.CC.CC.CC.CC.CC.CC.CC.CC.CC.CC.CC.CC.CC.CC. The maximum absolute atomic E-state index is 2.00. The topological polar surface area (TPSA) is 0 Å². The molecule has 0 N–H and O–H groups in total. The molecule has 0 rings (SSSR count). The van der Waals surface area contributed by atoms with E-state index in [0.717, 1.165) is 0 Å². The zero-order valence-electron chi connectivity index (χ0n) is 38.0. The summed E-state index contributed by atoms with van der Waals surface area (Å²) in [5, 5.41) is 0. The third kappa shape index (κ3) is 0. The van der Waals surface area contributed by atoms with Crippen molar-refractivity contribution in [1.29, 1.82) is 0 Å². The maximum atomic E-state index is 2.00. The molecular weight excluding hydrogens is 540 g/mol. The van der Waals surface area contributed by atoms with E-state index in [9.17, 15) is 0 Å². The molecule has 0 aliphatic carbocycles. The average Bonchev–Trinajstić information content (AvgIpc) is 3.17. The van der Waals surface area contributed by atoms with Crippen LogP contribution in [0.25, 0.3) is 0 Å². The first-order chi connectivity index (χ1) is 19.0. The standard InChI is InChI=1S/19C2H6.7CH4/c19*1-2;;;;;;;/h19*1-2H3;7*1H4. The van der Waals surface area contributed by atoms with E-state index >= 15 is 0 Å². The maximum Gasteiger partial charge on any atom is -0.0683 e. The molecule has 322 valence electrons. The fourth-order valence-electron chi connectivity index (χ4n) is 0. The van der Waals surface area contributed by atoms with Crippen molar-refractivity contribution in [1.82, 2.24) is 0 Å². The molecule has 0 heterocycles. The normalized spacial score (nSPS) is 2.53. The first-order valence-electron chi connectivity index (χ1n) is 19.0. The van der Waals surface area contributed by atoms with Crippen LogP contribution in [0.3, 0.4) is 0 Å². The zero-order chi connectivity index (χ0) is 38.0. The quantitative estimate of drug-likeness (QED) is 0.238. The van der Waals surface area contributed by atoms with E-state index in [4.69, 9.17) is 0 Å². The Morgan fingerprint density at radius 2 is 0.0667 bits per heavy atom. The molecule has 0 radical (unpaired) electrons. The van der Waals surface area contributed by atoms with Gasteiger partial charge in [-0.2, -0.15) is 0 Å². The Morgan fingerprint density at radius 1 is 0.0667 bits per heavy atom. The van der Waals surface area contributed by atoms with Crippen LogP contribution in [-0.4, -0.2) is 0 Å². The summed E-state index contributed by atoms with van der Waals surface area (Å²) in [4.78, 5) is 0. The lowest BCUT2D eigenvalue weighted by molar-refractivity contribution is 1.50. The molecule has 0 spiro atoms. The van der Waals surface area contributed by atoms with Gasteiger partial charge in [-0.3, -0.25) is 0 Å². The Labute approximate surface area is 314 Å². The Morgan fingerprint density at radius 3 is 0.0667 bits per heavy atom. The minimum absolute atomic E-state index is 0. The molecule has 0 fully saturated rings. The molecule has 0 heteroatoms. The Bertz CT molecular complexity index is 0. The number of hydrogen-bond donors (Lipinski definition) is 0. The minimum Gasteiger partial charge on any atom is -0.0776 e. The highest BCUT2D eigenvalue weighted by molar-refractivity contribution is 3.54. The van der Waals surface area contributed by atoms with Gasteiger partial charge in [-0.15, -0.1) is 0 Å². The van der Waals surface area contributed by atoms with Crippen LogP contribution in [0.4, 0.5) is 0 Å². The van der Waals surface area contributed by atoms with Crippen molar-refractivity contribution in [2.24, 2.45) is 0 Å². The minimum atomic E-state index is 0. The van der Waals surface area contributed by atoms with E-state index in [1.54, 1.807) is 0 Å². The summed E-state index contributed by atoms with van der Waals surface area (Å²) in [7, 11) is 0. The Kier molecular flexibility index (Phi) is 0. The first-order valence-corrected chi connectivity index (χ1v) is 19.0. The van der Waals surface area contributed by atoms with Gasteiger partial charge in [0.15, 0.2) is 0 Å². The average molecular weight is 684 g/mol. The van der Waals surface area contributed by atoms with Crippen LogP contribution in [0.2, 0.25) is 0 Å². The number of hydrogen-bond acceptors (Lipinski definition) is 0. The molecule has 45 heavy (non-hydrogen) atoms. The molecule has 0 atom stereocenters. The van der Waals surface area contributed by atoms with E-state index in [1.807, 2.05) is 263 Å². The van der Waals surface area contributed by atoms with Gasteiger partial charge in [-0.1, -0.05) is 315 Å². The predicted molar refractivity (Wildman–Crippen MR) is 263 cm³/mol. The molecule has 0 aliphatic heterocycles. The summed E-state index contributed by atoms with van der Waals surface area (Å²) in [6, 6.07) is 0. The lowest BCUT2D eigenvalue weighted by atomic mass is 11.0. The van der Waals surface area contributed by atoms with Gasteiger partial charge in [0.2, 0.25) is 0 Å². The van der Waals surface area contributed by atoms with E-state index in [2.05, 4.69) is 0 Å². The molecule has 0 saturated heterocycles. The van der Waals surface area contributed by atoms with Crippen molar-refractivity contribution in [3.8, 4) is 0 Å². The van der Waals surface area contributed by atoms with Crippen LogP contribution in [0.1, 0.15) is 315 Å². The molecule has 0 aromatic heterocycles. The lowest BCUT2D eigenvalue weighted by Crippen LogP contribution is -0.856. The molecular formula is C45H142. The van der Waals surface area contributed by atoms with E-state index in [1.165, 1.54) is 0 Å². The summed E-state index contributed by atoms with van der Waals surface area (Å²) < 4.78 is 0. The second-order valence-corrected chi connectivity index (χ2v) is 0. The van der Waals surface area contributed by atoms with Crippen LogP contribution >= 0.6 is 0 Å². The summed E-state index contributed by atoms with van der Waals surface area (Å²) in [6.45, 7) is 76.0. The van der Waals surface area contributed by atoms with Gasteiger partial charge in [0, 0.05) is 0 Å². The third-order valence-corrected chi connectivity index (χ3v) is 0. The molecule has 0 aromatic rings. The first kappa shape index (κ1) is 241. The fourth-order valence-corrected chi connectivity index (χ4v) is 0. The predicted octanol–water partition coefficient (Wildman–Crippen LogP) is 24.0. The van der Waals surface area contributed by atoms with Gasteiger partial charge in [0.1, 0.15) is 0 Å².